The van der Waals surface area contributed by atoms with Crippen LogP contribution in [-0.4, -0.2) is 16.0 Å². The standard InChI is InChI=1S/C14H9F2NO4S/c15-10-2-3-11(16)9(5-10)7-22-13-4-1-8(14(18)19)6-12(13)17(20)21/h1-6H,7H2,(H,18,19). The Morgan fingerprint density at radius 2 is 1.95 bits per heavy atom. The van der Waals surface area contributed by atoms with Crippen LogP contribution in [0.1, 0.15) is 15.9 Å². The van der Waals surface area contributed by atoms with Gasteiger partial charge >= 0.3 is 5.97 Å². The van der Waals surface area contributed by atoms with E-state index in [-0.39, 0.29) is 27.5 Å². The predicted molar refractivity (Wildman–Crippen MR) is 76.0 cm³/mol. The van der Waals surface area contributed by atoms with Gasteiger partial charge in [-0.15, -0.1) is 11.8 Å². The molecule has 0 aliphatic rings. The Labute approximate surface area is 127 Å². The zero-order chi connectivity index (χ0) is 16.3. The van der Waals surface area contributed by atoms with E-state index in [4.69, 9.17) is 5.11 Å². The zero-order valence-corrected chi connectivity index (χ0v) is 11.8. The van der Waals surface area contributed by atoms with Gasteiger partial charge in [0.2, 0.25) is 0 Å². The van der Waals surface area contributed by atoms with Crippen molar-refractivity contribution in [1.82, 2.24) is 0 Å². The first-order valence-electron chi connectivity index (χ1n) is 5.97. The van der Waals surface area contributed by atoms with Gasteiger partial charge in [-0.05, 0) is 30.3 Å². The maximum Gasteiger partial charge on any atom is 0.335 e. The average Bonchev–Trinajstić information content (AvgIpc) is 2.47. The molecule has 0 unspecified atom stereocenters. The molecule has 2 rings (SSSR count). The number of hydrogen-bond donors (Lipinski definition) is 1. The fraction of sp³-hybridized carbons (Fsp3) is 0.0714. The number of carboxylic acids is 1. The Kier molecular flexibility index (Phi) is 4.71. The van der Waals surface area contributed by atoms with Crippen LogP contribution in [0.3, 0.4) is 0 Å². The molecule has 1 N–H and O–H groups in total. The van der Waals surface area contributed by atoms with Crippen molar-refractivity contribution >= 4 is 23.4 Å². The van der Waals surface area contributed by atoms with E-state index in [0.29, 0.717) is 0 Å². The van der Waals surface area contributed by atoms with Gasteiger partial charge in [-0.1, -0.05) is 0 Å². The monoisotopic (exact) mass is 325 g/mol. The van der Waals surface area contributed by atoms with E-state index in [1.54, 1.807) is 0 Å². The van der Waals surface area contributed by atoms with Gasteiger partial charge in [0.15, 0.2) is 0 Å². The van der Waals surface area contributed by atoms with Gasteiger partial charge in [-0.3, -0.25) is 10.1 Å². The first-order valence-corrected chi connectivity index (χ1v) is 6.95. The quantitative estimate of drug-likeness (QED) is 0.513. The Hall–Kier alpha value is -2.48. The molecule has 0 aromatic heterocycles. The van der Waals surface area contributed by atoms with Crippen molar-refractivity contribution in [3.8, 4) is 0 Å². The topological polar surface area (TPSA) is 80.4 Å². The summed E-state index contributed by atoms with van der Waals surface area (Å²) in [4.78, 5) is 21.3. The molecule has 0 fully saturated rings. The van der Waals surface area contributed by atoms with Crippen molar-refractivity contribution in [3.05, 3.63) is 69.3 Å². The van der Waals surface area contributed by atoms with Gasteiger partial charge in [0.05, 0.1) is 15.4 Å². The Morgan fingerprint density at radius 3 is 2.59 bits per heavy atom. The molecule has 5 nitrogen and oxygen atoms in total. The van der Waals surface area contributed by atoms with E-state index in [1.165, 1.54) is 12.1 Å². The van der Waals surface area contributed by atoms with Crippen LogP contribution in [0.25, 0.3) is 0 Å². The number of nitro benzene ring substituents is 1. The van der Waals surface area contributed by atoms with Crippen molar-refractivity contribution < 1.29 is 23.6 Å². The number of rotatable bonds is 5. The van der Waals surface area contributed by atoms with Gasteiger partial charge in [0.25, 0.3) is 5.69 Å². The van der Waals surface area contributed by atoms with Crippen LogP contribution in [0.2, 0.25) is 0 Å². The highest BCUT2D eigenvalue weighted by Gasteiger charge is 2.18. The van der Waals surface area contributed by atoms with Crippen LogP contribution in [0, 0.1) is 21.7 Å². The number of carbonyl (C=O) groups is 1. The van der Waals surface area contributed by atoms with Crippen LogP contribution in [0.4, 0.5) is 14.5 Å². The molecule has 8 heteroatoms. The molecular weight excluding hydrogens is 316 g/mol. The minimum Gasteiger partial charge on any atom is -0.478 e. The Bertz CT molecular complexity index is 752. The predicted octanol–water partition coefficient (Wildman–Crippen LogP) is 3.86. The number of thioether (sulfide) groups is 1. The highest BCUT2D eigenvalue weighted by Crippen LogP contribution is 2.33. The highest BCUT2D eigenvalue weighted by atomic mass is 32.2. The summed E-state index contributed by atoms with van der Waals surface area (Å²) < 4.78 is 26.6. The van der Waals surface area contributed by atoms with E-state index < -0.39 is 22.5 Å². The van der Waals surface area contributed by atoms with Crippen molar-refractivity contribution in [2.75, 3.05) is 0 Å². The molecule has 0 radical (unpaired) electrons. The maximum absolute atomic E-state index is 13.5. The van der Waals surface area contributed by atoms with Crippen molar-refractivity contribution in [3.63, 3.8) is 0 Å². The number of carboxylic acid groups (broad SMARTS) is 1. The van der Waals surface area contributed by atoms with E-state index in [0.717, 1.165) is 36.0 Å². The second-order valence-electron chi connectivity index (χ2n) is 4.27. The van der Waals surface area contributed by atoms with E-state index in [2.05, 4.69) is 0 Å². The summed E-state index contributed by atoms with van der Waals surface area (Å²) in [5, 5.41) is 19.8. The summed E-state index contributed by atoms with van der Waals surface area (Å²) in [5.74, 6) is -2.51. The zero-order valence-electron chi connectivity index (χ0n) is 11.0. The second kappa shape index (κ2) is 6.52. The lowest BCUT2D eigenvalue weighted by molar-refractivity contribution is -0.387. The largest absolute Gasteiger partial charge is 0.478 e. The Balaban J connectivity index is 2.27. The lowest BCUT2D eigenvalue weighted by Crippen LogP contribution is -1.99. The van der Waals surface area contributed by atoms with E-state index >= 15 is 0 Å². The van der Waals surface area contributed by atoms with E-state index in [1.807, 2.05) is 0 Å². The first-order chi connectivity index (χ1) is 10.4. The van der Waals surface area contributed by atoms with Gasteiger partial charge in [-0.2, -0.15) is 0 Å². The Morgan fingerprint density at radius 1 is 1.23 bits per heavy atom. The smallest absolute Gasteiger partial charge is 0.335 e. The van der Waals surface area contributed by atoms with Gasteiger partial charge in [0, 0.05) is 17.4 Å². The molecule has 0 heterocycles. The fourth-order valence-corrected chi connectivity index (χ4v) is 2.70. The molecule has 2 aromatic carbocycles. The maximum atomic E-state index is 13.5. The summed E-state index contributed by atoms with van der Waals surface area (Å²) in [7, 11) is 0. The summed E-state index contributed by atoms with van der Waals surface area (Å²) in [6.45, 7) is 0. The van der Waals surface area contributed by atoms with Gasteiger partial charge in [0.1, 0.15) is 11.6 Å². The fourth-order valence-electron chi connectivity index (χ4n) is 1.72. The molecule has 2 aromatic rings. The number of hydrogen-bond acceptors (Lipinski definition) is 4. The summed E-state index contributed by atoms with van der Waals surface area (Å²) in [5.41, 5.74) is -0.531. The molecule has 0 spiro atoms. The lowest BCUT2D eigenvalue weighted by atomic mass is 10.2. The van der Waals surface area contributed by atoms with Crippen LogP contribution in [0.5, 0.6) is 0 Å². The average molecular weight is 325 g/mol. The third kappa shape index (κ3) is 3.59. The molecule has 0 bridgehead atoms. The third-order valence-corrected chi connectivity index (χ3v) is 3.91. The molecule has 114 valence electrons. The van der Waals surface area contributed by atoms with E-state index in [9.17, 15) is 23.7 Å². The highest BCUT2D eigenvalue weighted by molar-refractivity contribution is 7.98. The van der Waals surface area contributed by atoms with Crippen LogP contribution in [0.15, 0.2) is 41.3 Å². The molecule has 0 atom stereocenters. The SMILES string of the molecule is O=C(O)c1ccc(SCc2cc(F)ccc2F)c([N+](=O)[O-])c1. The van der Waals surface area contributed by atoms with Crippen LogP contribution < -0.4 is 0 Å². The van der Waals surface area contributed by atoms with Gasteiger partial charge in [-0.25, -0.2) is 13.6 Å². The normalized spacial score (nSPS) is 10.5. The lowest BCUT2D eigenvalue weighted by Gasteiger charge is -2.05. The van der Waals surface area contributed by atoms with Crippen molar-refractivity contribution in [2.45, 2.75) is 10.6 Å². The molecule has 0 amide bonds. The molecule has 0 saturated carbocycles. The van der Waals surface area contributed by atoms with Crippen LogP contribution >= 0.6 is 11.8 Å². The second-order valence-corrected chi connectivity index (χ2v) is 5.29. The number of nitrogens with zero attached hydrogens (tertiary/aromatic N) is 1. The summed E-state index contributed by atoms with van der Waals surface area (Å²) in [6, 6.07) is 6.41. The first kappa shape index (κ1) is 15.9. The van der Waals surface area contributed by atoms with Gasteiger partial charge < -0.3 is 5.11 Å². The summed E-state index contributed by atoms with van der Waals surface area (Å²) in [6.07, 6.45) is 0. The van der Waals surface area contributed by atoms with Crippen molar-refractivity contribution in [2.24, 2.45) is 0 Å². The number of benzene rings is 2. The minimum atomic E-state index is -1.28. The minimum absolute atomic E-state index is 0.0170. The molecular formula is C14H9F2NO4S. The summed E-state index contributed by atoms with van der Waals surface area (Å²) >= 11 is 0.930. The molecule has 0 saturated heterocycles. The molecule has 22 heavy (non-hydrogen) atoms. The van der Waals surface area contributed by atoms with Crippen molar-refractivity contribution in [1.29, 1.82) is 0 Å². The number of aromatic carboxylic acids is 1. The third-order valence-electron chi connectivity index (χ3n) is 2.79. The van der Waals surface area contributed by atoms with Crippen LogP contribution in [-0.2, 0) is 5.75 Å². The number of nitro groups is 1. The molecule has 0 aliphatic heterocycles. The number of halogens is 2. The molecule has 0 aliphatic carbocycles.